The summed E-state index contributed by atoms with van der Waals surface area (Å²) < 4.78 is 0. The van der Waals surface area contributed by atoms with E-state index in [1.54, 1.807) is 11.8 Å². The highest BCUT2D eigenvalue weighted by molar-refractivity contribution is 7.99. The molecule has 1 atom stereocenters. The molecule has 1 aromatic rings. The van der Waals surface area contributed by atoms with Crippen molar-refractivity contribution in [3.8, 4) is 0 Å². The molecule has 128 valence electrons. The lowest BCUT2D eigenvalue weighted by molar-refractivity contribution is -0.140. The molecule has 4 nitrogen and oxygen atoms in total. The number of thioether (sulfide) groups is 1. The van der Waals surface area contributed by atoms with Crippen LogP contribution in [0.15, 0.2) is 30.3 Å². The fourth-order valence-corrected chi connectivity index (χ4v) is 3.91. The van der Waals surface area contributed by atoms with Crippen LogP contribution in [0.25, 0.3) is 0 Å². The fourth-order valence-electron chi connectivity index (χ4n) is 2.74. The van der Waals surface area contributed by atoms with Crippen LogP contribution in [-0.2, 0) is 11.3 Å². The van der Waals surface area contributed by atoms with Crippen molar-refractivity contribution in [1.29, 1.82) is 0 Å². The van der Waals surface area contributed by atoms with Crippen molar-refractivity contribution in [1.82, 2.24) is 10.2 Å². The first kappa shape index (κ1) is 18.3. The Morgan fingerprint density at radius 3 is 2.65 bits per heavy atom. The minimum atomic E-state index is -1.15. The maximum absolute atomic E-state index is 12.2. The van der Waals surface area contributed by atoms with Crippen LogP contribution < -0.4 is 5.32 Å². The van der Waals surface area contributed by atoms with Crippen molar-refractivity contribution >= 4 is 17.7 Å². The smallest absolute Gasteiger partial charge is 0.252 e. The number of benzene rings is 1. The average molecular weight is 337 g/mol. The molecule has 1 aromatic carbocycles. The van der Waals surface area contributed by atoms with Crippen LogP contribution in [0.1, 0.15) is 31.7 Å². The van der Waals surface area contributed by atoms with Gasteiger partial charge < -0.3 is 10.4 Å². The second-order valence-electron chi connectivity index (χ2n) is 6.44. The molecule has 0 saturated carbocycles. The molecule has 1 saturated heterocycles. The summed E-state index contributed by atoms with van der Waals surface area (Å²) in [5, 5.41) is 13.3. The first-order valence-electron chi connectivity index (χ1n) is 8.34. The Labute approximate surface area is 143 Å². The maximum atomic E-state index is 12.2. The third-order valence-electron chi connectivity index (χ3n) is 4.62. The van der Waals surface area contributed by atoms with Gasteiger partial charge in [-0.3, -0.25) is 9.69 Å². The molecule has 0 aromatic heterocycles. The van der Waals surface area contributed by atoms with Gasteiger partial charge in [0.1, 0.15) is 5.60 Å². The van der Waals surface area contributed by atoms with Gasteiger partial charge in [0.15, 0.2) is 0 Å². The Hall–Kier alpha value is -1.04. The highest BCUT2D eigenvalue weighted by atomic mass is 32.2. The largest absolute Gasteiger partial charge is 0.380 e. The summed E-state index contributed by atoms with van der Waals surface area (Å²) >= 11 is 1.80. The first-order chi connectivity index (χ1) is 11.0. The van der Waals surface area contributed by atoms with Gasteiger partial charge in [0.05, 0.1) is 0 Å². The topological polar surface area (TPSA) is 52.6 Å². The minimum Gasteiger partial charge on any atom is -0.380 e. The number of rotatable bonds is 7. The van der Waals surface area contributed by atoms with Crippen LogP contribution in [0.2, 0.25) is 0 Å². The van der Waals surface area contributed by atoms with E-state index in [0.717, 1.165) is 24.5 Å². The Morgan fingerprint density at radius 1 is 1.35 bits per heavy atom. The lowest BCUT2D eigenvalue weighted by atomic mass is 9.96. The first-order valence-corrected chi connectivity index (χ1v) is 9.49. The molecule has 5 heteroatoms. The monoisotopic (exact) mass is 336 g/mol. The second kappa shape index (κ2) is 8.71. The zero-order valence-electron chi connectivity index (χ0n) is 14.1. The normalized spacial score (nSPS) is 18.6. The van der Waals surface area contributed by atoms with Crippen LogP contribution in [0.3, 0.4) is 0 Å². The summed E-state index contributed by atoms with van der Waals surface area (Å²) in [4.78, 5) is 14.5. The van der Waals surface area contributed by atoms with E-state index in [-0.39, 0.29) is 5.91 Å². The number of aliphatic hydroxyl groups is 1. The molecular formula is C18H28N2O2S. The zero-order valence-corrected chi connectivity index (χ0v) is 14.9. The van der Waals surface area contributed by atoms with Crippen molar-refractivity contribution in [2.75, 3.05) is 25.1 Å². The van der Waals surface area contributed by atoms with Crippen molar-refractivity contribution in [2.24, 2.45) is 0 Å². The molecule has 1 amide bonds. The highest BCUT2D eigenvalue weighted by Gasteiger charge is 2.37. The third-order valence-corrected chi connectivity index (χ3v) is 5.60. The van der Waals surface area contributed by atoms with E-state index in [9.17, 15) is 9.90 Å². The van der Waals surface area contributed by atoms with E-state index in [0.29, 0.717) is 25.4 Å². The Kier molecular flexibility index (Phi) is 6.93. The molecule has 0 bridgehead atoms. The van der Waals surface area contributed by atoms with Gasteiger partial charge >= 0.3 is 0 Å². The van der Waals surface area contributed by atoms with E-state index < -0.39 is 5.60 Å². The lowest BCUT2D eigenvalue weighted by Crippen LogP contribution is -2.49. The van der Waals surface area contributed by atoms with Gasteiger partial charge in [0, 0.05) is 19.1 Å². The predicted molar refractivity (Wildman–Crippen MR) is 96.5 cm³/mol. The number of nitrogens with one attached hydrogen (secondary N) is 1. The van der Waals surface area contributed by atoms with E-state index in [2.05, 4.69) is 48.5 Å². The summed E-state index contributed by atoms with van der Waals surface area (Å²) in [5.74, 6) is 1.52. The molecule has 1 aliphatic heterocycles. The molecule has 1 heterocycles. The molecular weight excluding hydrogens is 308 g/mol. The van der Waals surface area contributed by atoms with Gasteiger partial charge in [-0.15, -0.1) is 0 Å². The standard InChI is InChI=1S/C18H28N2O2S/c1-15(20(2)14-16-6-4-3-5-7-16)8-11-19-17(21)18(22)9-12-23-13-10-18/h3-7,15,22H,8-14H2,1-2H3,(H,19,21). The summed E-state index contributed by atoms with van der Waals surface area (Å²) in [5.41, 5.74) is 0.143. The van der Waals surface area contributed by atoms with Gasteiger partial charge in [-0.2, -0.15) is 11.8 Å². The third kappa shape index (κ3) is 5.52. The van der Waals surface area contributed by atoms with Gasteiger partial charge in [-0.1, -0.05) is 30.3 Å². The lowest BCUT2D eigenvalue weighted by Gasteiger charge is -2.31. The highest BCUT2D eigenvalue weighted by Crippen LogP contribution is 2.26. The summed E-state index contributed by atoms with van der Waals surface area (Å²) in [6, 6.07) is 10.8. The summed E-state index contributed by atoms with van der Waals surface area (Å²) in [6.07, 6.45) is 2.00. The number of hydrogen-bond acceptors (Lipinski definition) is 4. The van der Waals surface area contributed by atoms with Crippen molar-refractivity contribution in [3.63, 3.8) is 0 Å². The van der Waals surface area contributed by atoms with Gasteiger partial charge in [0.2, 0.25) is 0 Å². The molecule has 23 heavy (non-hydrogen) atoms. The minimum absolute atomic E-state index is 0.198. The molecule has 1 fully saturated rings. The van der Waals surface area contributed by atoms with Crippen molar-refractivity contribution in [2.45, 2.75) is 44.4 Å². The van der Waals surface area contributed by atoms with Crippen LogP contribution in [0.4, 0.5) is 0 Å². The SMILES string of the molecule is CC(CCNC(=O)C1(O)CCSCC1)N(C)Cc1ccccc1. The van der Waals surface area contributed by atoms with E-state index in [1.165, 1.54) is 5.56 Å². The van der Waals surface area contributed by atoms with Crippen LogP contribution in [-0.4, -0.2) is 52.7 Å². The molecule has 2 N–H and O–H groups in total. The molecule has 0 radical (unpaired) electrons. The summed E-state index contributed by atoms with van der Waals surface area (Å²) in [6.45, 7) is 3.67. The van der Waals surface area contributed by atoms with Crippen LogP contribution in [0.5, 0.6) is 0 Å². The Morgan fingerprint density at radius 2 is 2.00 bits per heavy atom. The number of carbonyl (C=O) groups is 1. The average Bonchev–Trinajstić information content (AvgIpc) is 2.56. The van der Waals surface area contributed by atoms with Crippen LogP contribution >= 0.6 is 11.8 Å². The van der Waals surface area contributed by atoms with Gasteiger partial charge in [-0.25, -0.2) is 0 Å². The van der Waals surface area contributed by atoms with Gasteiger partial charge in [0.25, 0.3) is 5.91 Å². The molecule has 2 rings (SSSR count). The van der Waals surface area contributed by atoms with E-state index in [4.69, 9.17) is 0 Å². The quantitative estimate of drug-likeness (QED) is 0.802. The molecule has 1 unspecified atom stereocenters. The summed E-state index contributed by atoms with van der Waals surface area (Å²) in [7, 11) is 2.10. The second-order valence-corrected chi connectivity index (χ2v) is 7.66. The van der Waals surface area contributed by atoms with Crippen LogP contribution in [0, 0.1) is 0 Å². The van der Waals surface area contributed by atoms with Gasteiger partial charge in [-0.05, 0) is 50.3 Å². The zero-order chi connectivity index (χ0) is 16.7. The van der Waals surface area contributed by atoms with E-state index >= 15 is 0 Å². The number of hydrogen-bond donors (Lipinski definition) is 2. The number of nitrogens with zero attached hydrogens (tertiary/aromatic N) is 1. The Bertz CT molecular complexity index is 489. The van der Waals surface area contributed by atoms with E-state index in [1.807, 2.05) is 6.07 Å². The van der Waals surface area contributed by atoms with Crippen molar-refractivity contribution < 1.29 is 9.90 Å². The number of amides is 1. The molecule has 0 aliphatic carbocycles. The molecule has 1 aliphatic rings. The maximum Gasteiger partial charge on any atom is 0.252 e. The Balaban J connectivity index is 1.71. The fraction of sp³-hybridized carbons (Fsp3) is 0.611. The predicted octanol–water partition coefficient (Wildman–Crippen LogP) is 2.27. The van der Waals surface area contributed by atoms with Crippen molar-refractivity contribution in [3.05, 3.63) is 35.9 Å². The molecule has 0 spiro atoms. The number of carbonyl (C=O) groups excluding carboxylic acids is 1.